The Bertz CT molecular complexity index is 706. The molecular formula is C19H28N4O3+2. The number of urea groups is 1. The number of likely N-dealkylation sites (N-methyl/N-ethyl adjacent to an activating group) is 1. The highest BCUT2D eigenvalue weighted by Crippen LogP contribution is 2.27. The van der Waals surface area contributed by atoms with Crippen molar-refractivity contribution in [2.45, 2.75) is 13.0 Å². The molecule has 1 aromatic carbocycles. The van der Waals surface area contributed by atoms with Crippen LogP contribution in [0.15, 0.2) is 35.5 Å². The third-order valence-electron chi connectivity index (χ3n) is 5.21. The monoisotopic (exact) mass is 360 g/mol. The molecule has 7 heteroatoms. The number of carbonyl (C=O) groups is 2. The number of nitrogens with one attached hydrogen (secondary N) is 4. The number of esters is 1. The topological polar surface area (TPSA) is 76.3 Å². The Hall–Kier alpha value is -2.38. The molecule has 0 aliphatic carbocycles. The normalized spacial score (nSPS) is 26.1. The number of quaternary nitrogens is 2. The van der Waals surface area contributed by atoms with E-state index < -0.39 is 12.0 Å². The predicted molar refractivity (Wildman–Crippen MR) is 96.8 cm³/mol. The van der Waals surface area contributed by atoms with Gasteiger partial charge in [-0.05, 0) is 12.5 Å². The van der Waals surface area contributed by atoms with Gasteiger partial charge in [0, 0.05) is 0 Å². The zero-order valence-electron chi connectivity index (χ0n) is 15.6. The highest BCUT2D eigenvalue weighted by molar-refractivity contribution is 5.95. The van der Waals surface area contributed by atoms with E-state index in [1.54, 1.807) is 0 Å². The van der Waals surface area contributed by atoms with E-state index in [0.29, 0.717) is 17.8 Å². The van der Waals surface area contributed by atoms with Crippen LogP contribution in [0, 0.1) is 6.92 Å². The highest BCUT2D eigenvalue weighted by Gasteiger charge is 2.35. The second kappa shape index (κ2) is 7.88. The van der Waals surface area contributed by atoms with Crippen LogP contribution < -0.4 is 20.4 Å². The van der Waals surface area contributed by atoms with Gasteiger partial charge in [0.05, 0.1) is 31.5 Å². The SMILES string of the molecule is COC(=O)C1=C(C[NH+]2CC[NH+](C)CC2)NC(=O)N[C@@H]1c1ccc(C)cc1. The van der Waals surface area contributed by atoms with Gasteiger partial charge < -0.3 is 25.2 Å². The zero-order valence-corrected chi connectivity index (χ0v) is 15.6. The Labute approximate surface area is 154 Å². The van der Waals surface area contributed by atoms with Crippen LogP contribution in [0.25, 0.3) is 0 Å². The van der Waals surface area contributed by atoms with Crippen LogP contribution in [-0.2, 0) is 9.53 Å². The fourth-order valence-corrected chi connectivity index (χ4v) is 3.57. The van der Waals surface area contributed by atoms with Crippen molar-refractivity contribution in [2.75, 3.05) is 46.9 Å². The summed E-state index contributed by atoms with van der Waals surface area (Å²) in [5, 5.41) is 5.72. The number of aryl methyl sites for hydroxylation is 1. The van der Waals surface area contributed by atoms with Gasteiger partial charge in [0.1, 0.15) is 32.7 Å². The van der Waals surface area contributed by atoms with Crippen LogP contribution in [-0.4, -0.2) is 58.9 Å². The van der Waals surface area contributed by atoms with Crippen LogP contribution in [0.3, 0.4) is 0 Å². The van der Waals surface area contributed by atoms with Crippen molar-refractivity contribution in [1.29, 1.82) is 0 Å². The Kier molecular flexibility index (Phi) is 5.58. The molecule has 0 aromatic heterocycles. The average molecular weight is 360 g/mol. The van der Waals surface area contributed by atoms with Crippen LogP contribution in [0.4, 0.5) is 4.79 Å². The first kappa shape index (κ1) is 18.4. The lowest BCUT2D eigenvalue weighted by Crippen LogP contribution is -3.27. The van der Waals surface area contributed by atoms with Gasteiger partial charge in [-0.15, -0.1) is 0 Å². The Morgan fingerprint density at radius 1 is 1.19 bits per heavy atom. The minimum Gasteiger partial charge on any atom is -0.466 e. The van der Waals surface area contributed by atoms with Crippen molar-refractivity contribution in [2.24, 2.45) is 0 Å². The van der Waals surface area contributed by atoms with E-state index >= 15 is 0 Å². The van der Waals surface area contributed by atoms with Gasteiger partial charge in [0.2, 0.25) is 0 Å². The quantitative estimate of drug-likeness (QED) is 0.478. The van der Waals surface area contributed by atoms with E-state index in [-0.39, 0.29) is 6.03 Å². The number of ether oxygens (including phenoxy) is 1. The molecule has 1 atom stereocenters. The van der Waals surface area contributed by atoms with Crippen molar-refractivity contribution >= 4 is 12.0 Å². The molecule has 26 heavy (non-hydrogen) atoms. The molecule has 1 fully saturated rings. The molecule has 1 saturated heterocycles. The standard InChI is InChI=1S/C19H26N4O3/c1-13-4-6-14(7-5-13)17-16(18(24)26-3)15(20-19(25)21-17)12-23-10-8-22(2)9-11-23/h4-7,17H,8-12H2,1-3H3,(H2,20,21,25)/p+2/t17-/m1/s1. The van der Waals surface area contributed by atoms with E-state index in [9.17, 15) is 9.59 Å². The maximum Gasteiger partial charge on any atom is 0.338 e. The number of benzene rings is 1. The van der Waals surface area contributed by atoms with Crippen LogP contribution >= 0.6 is 0 Å². The summed E-state index contributed by atoms with van der Waals surface area (Å²) in [6.45, 7) is 6.83. The van der Waals surface area contributed by atoms with Gasteiger partial charge in [-0.3, -0.25) is 0 Å². The molecule has 0 spiro atoms. The molecule has 140 valence electrons. The summed E-state index contributed by atoms with van der Waals surface area (Å²) in [4.78, 5) is 27.7. The fraction of sp³-hybridized carbons (Fsp3) is 0.474. The average Bonchev–Trinajstić information content (AvgIpc) is 2.63. The number of piperazine rings is 1. The maximum absolute atomic E-state index is 12.5. The van der Waals surface area contributed by atoms with Crippen molar-refractivity contribution in [3.05, 3.63) is 46.7 Å². The third kappa shape index (κ3) is 4.05. The lowest BCUT2D eigenvalue weighted by atomic mass is 9.94. The molecule has 0 bridgehead atoms. The zero-order chi connectivity index (χ0) is 18.7. The smallest absolute Gasteiger partial charge is 0.338 e. The second-order valence-corrected chi connectivity index (χ2v) is 7.21. The predicted octanol–water partition coefficient (Wildman–Crippen LogP) is -1.81. The van der Waals surface area contributed by atoms with Crippen molar-refractivity contribution in [3.8, 4) is 0 Å². The van der Waals surface area contributed by atoms with Crippen LogP contribution in [0.1, 0.15) is 17.2 Å². The summed E-state index contributed by atoms with van der Waals surface area (Å²) in [7, 11) is 3.57. The van der Waals surface area contributed by atoms with Gasteiger partial charge in [-0.1, -0.05) is 29.8 Å². The third-order valence-corrected chi connectivity index (χ3v) is 5.21. The number of hydrogen-bond acceptors (Lipinski definition) is 3. The van der Waals surface area contributed by atoms with Crippen molar-refractivity contribution in [1.82, 2.24) is 10.6 Å². The Balaban J connectivity index is 1.93. The summed E-state index contributed by atoms with van der Waals surface area (Å²) in [5.74, 6) is -0.405. The second-order valence-electron chi connectivity index (χ2n) is 7.21. The van der Waals surface area contributed by atoms with Crippen molar-refractivity contribution in [3.63, 3.8) is 0 Å². The van der Waals surface area contributed by atoms with E-state index in [0.717, 1.165) is 37.3 Å². The minimum absolute atomic E-state index is 0.280. The lowest BCUT2D eigenvalue weighted by molar-refractivity contribution is -1.00. The molecule has 1 aromatic rings. The molecule has 0 saturated carbocycles. The molecule has 7 nitrogen and oxygen atoms in total. The molecule has 2 aliphatic rings. The largest absolute Gasteiger partial charge is 0.466 e. The summed E-state index contributed by atoms with van der Waals surface area (Å²) in [5.41, 5.74) is 3.17. The first-order valence-electron chi connectivity index (χ1n) is 9.08. The molecule has 0 unspecified atom stereocenters. The molecule has 3 rings (SSSR count). The van der Waals surface area contributed by atoms with E-state index in [2.05, 4.69) is 17.7 Å². The molecule has 0 radical (unpaired) electrons. The molecule has 2 amide bonds. The van der Waals surface area contributed by atoms with Crippen LogP contribution in [0.2, 0.25) is 0 Å². The summed E-state index contributed by atoms with van der Waals surface area (Å²) >= 11 is 0. The lowest BCUT2D eigenvalue weighted by Gasteiger charge is -2.32. The number of rotatable bonds is 4. The number of carbonyl (C=O) groups excluding carboxylic acids is 2. The highest BCUT2D eigenvalue weighted by atomic mass is 16.5. The first-order chi connectivity index (χ1) is 12.5. The summed E-state index contributed by atoms with van der Waals surface area (Å²) in [6, 6.07) is 7.07. The Morgan fingerprint density at radius 3 is 2.46 bits per heavy atom. The van der Waals surface area contributed by atoms with Crippen molar-refractivity contribution < 1.29 is 24.1 Å². The summed E-state index contributed by atoms with van der Waals surface area (Å²) < 4.78 is 5.04. The summed E-state index contributed by atoms with van der Waals surface area (Å²) in [6.07, 6.45) is 0. The fourth-order valence-electron chi connectivity index (χ4n) is 3.57. The van der Waals surface area contributed by atoms with E-state index in [4.69, 9.17) is 4.74 Å². The van der Waals surface area contributed by atoms with Gasteiger partial charge in [-0.2, -0.15) is 0 Å². The first-order valence-corrected chi connectivity index (χ1v) is 9.08. The molecular weight excluding hydrogens is 332 g/mol. The van der Waals surface area contributed by atoms with Gasteiger partial charge >= 0.3 is 12.0 Å². The number of methoxy groups -OCH3 is 1. The van der Waals surface area contributed by atoms with Crippen LogP contribution in [0.5, 0.6) is 0 Å². The van der Waals surface area contributed by atoms with Gasteiger partial charge in [0.15, 0.2) is 0 Å². The minimum atomic E-state index is -0.496. The number of hydrogen-bond donors (Lipinski definition) is 4. The van der Waals surface area contributed by atoms with Gasteiger partial charge in [-0.25, -0.2) is 9.59 Å². The van der Waals surface area contributed by atoms with E-state index in [1.807, 2.05) is 31.2 Å². The maximum atomic E-state index is 12.5. The number of amides is 2. The Morgan fingerprint density at radius 2 is 1.85 bits per heavy atom. The van der Waals surface area contributed by atoms with E-state index in [1.165, 1.54) is 16.9 Å². The molecule has 2 heterocycles. The molecule has 2 aliphatic heterocycles. The van der Waals surface area contributed by atoms with Gasteiger partial charge in [0.25, 0.3) is 0 Å². The molecule has 4 N–H and O–H groups in total.